The van der Waals surface area contributed by atoms with Gasteiger partial charge in [-0.1, -0.05) is 197 Å². The van der Waals surface area contributed by atoms with Crippen LogP contribution in [0.25, 0.3) is 111 Å². The summed E-state index contributed by atoms with van der Waals surface area (Å²) in [6, 6.07) is 66.3. The summed E-state index contributed by atoms with van der Waals surface area (Å²) in [5.74, 6) is 0. The van der Waals surface area contributed by atoms with Gasteiger partial charge in [0, 0.05) is 0 Å². The highest BCUT2D eigenvalue weighted by Crippen LogP contribution is 2.42. The topological polar surface area (TPSA) is 0 Å². The fraction of sp³-hybridized carbons (Fsp3) is 0.125. The van der Waals surface area contributed by atoms with Crippen LogP contribution in [0.5, 0.6) is 0 Å². The van der Waals surface area contributed by atoms with Crippen molar-refractivity contribution in [3.05, 3.63) is 216 Å². The highest BCUT2D eigenvalue weighted by atomic mass is 14.3. The molecule has 0 N–H and O–H groups in total. The van der Waals surface area contributed by atoms with Crippen LogP contribution in [0.15, 0.2) is 188 Å². The molecule has 0 nitrogen and oxygen atoms in total. The van der Waals surface area contributed by atoms with Gasteiger partial charge >= 0.3 is 0 Å². The van der Waals surface area contributed by atoms with Gasteiger partial charge in [0.25, 0.3) is 0 Å². The van der Waals surface area contributed by atoms with E-state index in [0.717, 1.165) is 25.7 Å². The Morgan fingerprint density at radius 3 is 1.23 bits per heavy atom. The van der Waals surface area contributed by atoms with Gasteiger partial charge in [-0.3, -0.25) is 0 Å². The minimum atomic E-state index is -0.00438. The molecule has 12 rings (SSSR count). The van der Waals surface area contributed by atoms with Gasteiger partial charge in [0.15, 0.2) is 0 Å². The summed E-state index contributed by atoms with van der Waals surface area (Å²) in [5.41, 5.74) is 19.7. The van der Waals surface area contributed by atoms with Crippen molar-refractivity contribution in [3.8, 4) is 55.6 Å². The second kappa shape index (κ2) is 15.2. The zero-order chi connectivity index (χ0) is 42.9. The molecule has 2 aliphatic rings. The van der Waals surface area contributed by atoms with E-state index in [1.165, 1.54) is 115 Å². The van der Waals surface area contributed by atoms with Crippen molar-refractivity contribution in [2.75, 3.05) is 0 Å². The van der Waals surface area contributed by atoms with Crippen LogP contribution >= 0.6 is 0 Å². The molecule has 0 saturated heterocycles. The molecule has 0 spiro atoms. The maximum absolute atomic E-state index is 2.44. The van der Waals surface area contributed by atoms with E-state index in [-0.39, 0.29) is 5.41 Å². The van der Waals surface area contributed by atoms with Gasteiger partial charge in [-0.05, 0) is 182 Å². The number of rotatable bonds is 5. The van der Waals surface area contributed by atoms with Gasteiger partial charge in [0.1, 0.15) is 0 Å². The van der Waals surface area contributed by atoms with Crippen molar-refractivity contribution in [3.63, 3.8) is 0 Å². The maximum Gasteiger partial charge on any atom is -0.00928 e. The van der Waals surface area contributed by atoms with Crippen LogP contribution < -0.4 is 0 Å². The summed E-state index contributed by atoms with van der Waals surface area (Å²) in [6.45, 7) is 6.94. The highest BCUT2D eigenvalue weighted by Gasteiger charge is 2.21. The van der Waals surface area contributed by atoms with E-state index >= 15 is 0 Å². The molecule has 10 aromatic carbocycles. The van der Waals surface area contributed by atoms with Crippen LogP contribution in [-0.2, 0) is 18.3 Å². The Labute approximate surface area is 376 Å². The number of hydrogen-bond donors (Lipinski definition) is 0. The maximum atomic E-state index is 2.44. The molecule has 0 unspecified atom stereocenters. The predicted octanol–water partition coefficient (Wildman–Crippen LogP) is 17.9. The van der Waals surface area contributed by atoms with Gasteiger partial charge in [-0.25, -0.2) is 0 Å². The van der Waals surface area contributed by atoms with Gasteiger partial charge in [0.2, 0.25) is 0 Å². The van der Waals surface area contributed by atoms with E-state index in [9.17, 15) is 0 Å². The Balaban J connectivity index is 0.845. The number of benzene rings is 10. The summed E-state index contributed by atoms with van der Waals surface area (Å²) in [7, 11) is 0. The van der Waals surface area contributed by atoms with Gasteiger partial charge in [-0.15, -0.1) is 0 Å². The predicted molar refractivity (Wildman–Crippen MR) is 277 cm³/mol. The van der Waals surface area contributed by atoms with Crippen LogP contribution in [-0.4, -0.2) is 0 Å². The molecule has 0 saturated carbocycles. The lowest BCUT2D eigenvalue weighted by molar-refractivity contribution is 0.590. The molecule has 2 aliphatic carbocycles. The molecule has 306 valence electrons. The van der Waals surface area contributed by atoms with E-state index in [2.05, 4.69) is 221 Å². The monoisotopic (exact) mass is 818 g/mol. The molecule has 0 fully saturated rings. The Hall–Kier alpha value is -7.28. The standard InChI is InChI=1S/C64H50/c1-64(2,3)51-37-49(36-50(38-51)48-32-34-61-57-20-7-5-16-53(57)55-18-9-11-22-59(55)63(61)40-48)44-29-25-42(26-30-44)41-23-27-43(28-24-41)45-13-12-14-46(35-45)47-31-33-60-56-19-6-4-15-52(56)54-17-8-10-21-58(54)62(60)39-47/h5-7,9-14,16,18-40H,4,8,15,17H2,1-3H3. The van der Waals surface area contributed by atoms with Crippen molar-refractivity contribution in [1.29, 1.82) is 0 Å². The summed E-state index contributed by atoms with van der Waals surface area (Å²) >= 11 is 0. The lowest BCUT2D eigenvalue weighted by Gasteiger charge is -2.24. The fourth-order valence-electron chi connectivity index (χ4n) is 10.7. The van der Waals surface area contributed by atoms with Crippen molar-refractivity contribution < 1.29 is 0 Å². The molecule has 10 aromatic rings. The second-order valence-corrected chi connectivity index (χ2v) is 19.1. The quantitative estimate of drug-likeness (QED) is 0.152. The molecule has 0 heterocycles. The summed E-state index contributed by atoms with van der Waals surface area (Å²) in [5, 5.41) is 10.6. The van der Waals surface area contributed by atoms with Crippen LogP contribution in [0.3, 0.4) is 0 Å². The van der Waals surface area contributed by atoms with Crippen molar-refractivity contribution in [2.45, 2.75) is 51.9 Å². The first-order valence-electron chi connectivity index (χ1n) is 23.1. The lowest BCUT2D eigenvalue weighted by atomic mass is 9.80. The average Bonchev–Trinajstić information content (AvgIpc) is 3.36. The number of allylic oxidation sites excluding steroid dienone is 2. The molecule has 0 aliphatic heterocycles. The molecule has 64 heavy (non-hydrogen) atoms. The van der Waals surface area contributed by atoms with Crippen molar-refractivity contribution in [2.24, 2.45) is 0 Å². The Morgan fingerprint density at radius 1 is 0.297 bits per heavy atom. The minimum Gasteiger partial charge on any atom is -0.0836 e. The third kappa shape index (κ3) is 6.60. The van der Waals surface area contributed by atoms with Crippen LogP contribution in [0.1, 0.15) is 61.4 Å². The Morgan fingerprint density at radius 2 is 0.672 bits per heavy atom. The van der Waals surface area contributed by atoms with Crippen LogP contribution in [0, 0.1) is 0 Å². The average molecular weight is 819 g/mol. The smallest absolute Gasteiger partial charge is 0.00928 e. The molecular weight excluding hydrogens is 769 g/mol. The zero-order valence-corrected chi connectivity index (χ0v) is 36.9. The molecule has 0 aromatic heterocycles. The SMILES string of the molecule is CC(C)(C)c1cc(-c2ccc(-c3ccc(-c4cccc(-c5ccc6c7c(c8c(c6c5)C=CCC8)CCC=C7)c4)cc3)cc2)cc(-c2ccc3c4ccccc4c4ccccc4c3c2)c1. The van der Waals surface area contributed by atoms with E-state index in [1.807, 2.05) is 0 Å². The molecule has 0 atom stereocenters. The number of fused-ring (bicyclic) bond motifs is 12. The summed E-state index contributed by atoms with van der Waals surface area (Å²) in [6.07, 6.45) is 14.0. The molecule has 0 amide bonds. The van der Waals surface area contributed by atoms with Crippen molar-refractivity contribution >= 4 is 55.2 Å². The first-order chi connectivity index (χ1) is 31.3. The van der Waals surface area contributed by atoms with Gasteiger partial charge < -0.3 is 0 Å². The normalized spacial score (nSPS) is 13.5. The largest absolute Gasteiger partial charge is 0.0836 e. The lowest BCUT2D eigenvalue weighted by Crippen LogP contribution is -2.11. The molecular formula is C64H50. The van der Waals surface area contributed by atoms with Crippen LogP contribution in [0.2, 0.25) is 0 Å². The van der Waals surface area contributed by atoms with E-state index in [0.29, 0.717) is 0 Å². The first kappa shape index (κ1) is 38.4. The summed E-state index contributed by atoms with van der Waals surface area (Å²) < 4.78 is 0. The van der Waals surface area contributed by atoms with Gasteiger partial charge in [-0.2, -0.15) is 0 Å². The van der Waals surface area contributed by atoms with E-state index < -0.39 is 0 Å². The second-order valence-electron chi connectivity index (χ2n) is 19.1. The fourth-order valence-corrected chi connectivity index (χ4v) is 10.7. The van der Waals surface area contributed by atoms with Crippen LogP contribution in [0.4, 0.5) is 0 Å². The van der Waals surface area contributed by atoms with Crippen molar-refractivity contribution in [1.82, 2.24) is 0 Å². The van der Waals surface area contributed by atoms with E-state index in [1.54, 1.807) is 11.1 Å². The summed E-state index contributed by atoms with van der Waals surface area (Å²) in [4.78, 5) is 0. The Kier molecular flexibility index (Phi) is 9.13. The highest BCUT2D eigenvalue weighted by molar-refractivity contribution is 6.25. The first-order valence-corrected chi connectivity index (χ1v) is 23.1. The third-order valence-electron chi connectivity index (χ3n) is 14.1. The molecule has 0 heteroatoms. The molecule has 0 radical (unpaired) electrons. The minimum absolute atomic E-state index is 0.00438. The zero-order valence-electron chi connectivity index (χ0n) is 36.9. The van der Waals surface area contributed by atoms with Gasteiger partial charge in [0.05, 0.1) is 0 Å². The van der Waals surface area contributed by atoms with E-state index in [4.69, 9.17) is 0 Å². The molecule has 0 bridgehead atoms. The third-order valence-corrected chi connectivity index (χ3v) is 14.1. The number of hydrogen-bond acceptors (Lipinski definition) is 0. The Bertz CT molecular complexity index is 3510.